The summed E-state index contributed by atoms with van der Waals surface area (Å²) in [6.45, 7) is 9.55. The third-order valence-corrected chi connectivity index (χ3v) is 8.86. The van der Waals surface area contributed by atoms with E-state index in [-0.39, 0.29) is 35.9 Å². The van der Waals surface area contributed by atoms with Gasteiger partial charge in [0, 0.05) is 35.9 Å². The second kappa shape index (κ2) is 15.1. The molecule has 6 heteroatoms. The van der Waals surface area contributed by atoms with E-state index in [0.717, 1.165) is 71.2 Å². The van der Waals surface area contributed by atoms with Gasteiger partial charge in [-0.3, -0.25) is 14.6 Å². The van der Waals surface area contributed by atoms with Gasteiger partial charge in [0.05, 0.1) is 5.71 Å². The van der Waals surface area contributed by atoms with Gasteiger partial charge in [-0.05, 0) is 91.8 Å². The Morgan fingerprint density at radius 3 is 2.48 bits per heavy atom. The average Bonchev–Trinajstić information content (AvgIpc) is 3.48. The number of aryl methyl sites for hydroxylation is 1. The summed E-state index contributed by atoms with van der Waals surface area (Å²) >= 11 is 0. The third-order valence-electron chi connectivity index (χ3n) is 8.86. The van der Waals surface area contributed by atoms with Crippen molar-refractivity contribution < 1.29 is 18.7 Å². The highest BCUT2D eigenvalue weighted by Gasteiger charge is 2.32. The number of hydrogen-bond acceptors (Lipinski definition) is 5. The number of carbonyl (C=O) groups is 2. The molecule has 0 radical (unpaired) electrons. The molecule has 0 spiro atoms. The van der Waals surface area contributed by atoms with Crippen LogP contribution < -0.4 is 4.74 Å². The lowest BCUT2D eigenvalue weighted by atomic mass is 9.76. The van der Waals surface area contributed by atoms with Gasteiger partial charge in [0.1, 0.15) is 11.9 Å². The Morgan fingerprint density at radius 2 is 1.80 bits per heavy atom. The van der Waals surface area contributed by atoms with Crippen molar-refractivity contribution in [2.75, 3.05) is 6.61 Å². The summed E-state index contributed by atoms with van der Waals surface area (Å²) in [6.07, 6.45) is 13.4. The molecule has 1 fully saturated rings. The zero-order valence-electron chi connectivity index (χ0n) is 26.6. The summed E-state index contributed by atoms with van der Waals surface area (Å²) in [7, 11) is 0. The molecule has 0 saturated heterocycles. The third kappa shape index (κ3) is 6.99. The molecule has 0 bridgehead atoms. The largest absolute Gasteiger partial charge is 0.476 e. The molecule has 5 rings (SSSR count). The zero-order chi connectivity index (χ0) is 31.8. The quantitative estimate of drug-likeness (QED) is 0.257. The van der Waals surface area contributed by atoms with E-state index in [4.69, 9.17) is 15.0 Å². The minimum Gasteiger partial charge on any atom is -0.476 e. The molecule has 1 atom stereocenters. The summed E-state index contributed by atoms with van der Waals surface area (Å²) in [6, 6.07) is 11.4. The minimum atomic E-state index is -0.462. The number of aliphatic imine (C=N–C) groups is 1. The monoisotopic (exact) mass is 594 g/mol. The number of nitriles is 1. The summed E-state index contributed by atoms with van der Waals surface area (Å²) < 4.78 is 20.2. The molecule has 2 aliphatic carbocycles. The van der Waals surface area contributed by atoms with Gasteiger partial charge in [-0.2, -0.15) is 5.26 Å². The molecule has 5 nitrogen and oxygen atoms in total. The van der Waals surface area contributed by atoms with Crippen LogP contribution in [0.15, 0.2) is 65.3 Å². The van der Waals surface area contributed by atoms with Gasteiger partial charge < -0.3 is 4.74 Å². The summed E-state index contributed by atoms with van der Waals surface area (Å²) in [5, 5.41) is 8.76. The first kappa shape index (κ1) is 32.8. The van der Waals surface area contributed by atoms with Gasteiger partial charge in [-0.15, -0.1) is 0 Å². The van der Waals surface area contributed by atoms with Gasteiger partial charge in [-0.25, -0.2) is 4.39 Å². The van der Waals surface area contributed by atoms with Crippen LogP contribution in [0.25, 0.3) is 5.57 Å². The van der Waals surface area contributed by atoms with Gasteiger partial charge in [0.25, 0.3) is 0 Å². The van der Waals surface area contributed by atoms with Crippen LogP contribution in [0, 0.1) is 48.7 Å². The van der Waals surface area contributed by atoms with Crippen molar-refractivity contribution in [1.29, 1.82) is 5.26 Å². The Kier molecular flexibility index (Phi) is 11.2. The number of allylic oxidation sites excluding steroid dienone is 5. The van der Waals surface area contributed by atoms with Gasteiger partial charge in [0.2, 0.25) is 0 Å². The van der Waals surface area contributed by atoms with Crippen LogP contribution in [0.2, 0.25) is 0 Å². The fraction of sp³-hybridized carbons (Fsp3) is 0.421. The van der Waals surface area contributed by atoms with Crippen LogP contribution in [0.3, 0.4) is 0 Å². The maximum atomic E-state index is 15.0. The fourth-order valence-electron chi connectivity index (χ4n) is 6.55. The van der Waals surface area contributed by atoms with E-state index in [2.05, 4.69) is 18.2 Å². The summed E-state index contributed by atoms with van der Waals surface area (Å²) in [5.74, 6) is 0.202. The Hall–Kier alpha value is -4.11. The van der Waals surface area contributed by atoms with Crippen LogP contribution in [-0.4, -0.2) is 23.9 Å². The van der Waals surface area contributed by atoms with E-state index in [0.29, 0.717) is 24.2 Å². The molecule has 0 N–H and O–H groups in total. The van der Waals surface area contributed by atoms with Crippen LogP contribution in [0.1, 0.15) is 91.9 Å². The number of carbonyl (C=O) groups excluding carboxylic acids is 2. The predicted molar refractivity (Wildman–Crippen MR) is 174 cm³/mol. The molecular formula is C38H43FN2O3. The first-order valence-corrected chi connectivity index (χ1v) is 15.9. The van der Waals surface area contributed by atoms with Crippen molar-refractivity contribution >= 4 is 22.9 Å². The smallest absolute Gasteiger partial charge is 0.174 e. The molecule has 1 saturated carbocycles. The van der Waals surface area contributed by atoms with E-state index in [1.807, 2.05) is 64.2 Å². The number of Topliss-reactive ketones (excluding diaryl/α,β-unsaturated/α-hetero) is 2. The number of benzene rings is 2. The van der Waals surface area contributed by atoms with Gasteiger partial charge >= 0.3 is 0 Å². The molecule has 1 aliphatic heterocycles. The topological polar surface area (TPSA) is 79.5 Å². The van der Waals surface area contributed by atoms with E-state index < -0.39 is 5.82 Å². The second-order valence-electron chi connectivity index (χ2n) is 11.6. The Bertz CT molecular complexity index is 1570. The molecule has 2 aromatic carbocycles. The number of rotatable bonds is 10. The number of hydrogen-bond donors (Lipinski definition) is 0. The van der Waals surface area contributed by atoms with E-state index >= 15 is 0 Å². The first-order valence-electron chi connectivity index (χ1n) is 15.9. The summed E-state index contributed by atoms with van der Waals surface area (Å²) in [5.41, 5.74) is 7.07. The number of nitrogens with zero attached hydrogens (tertiary/aromatic N) is 2. The standard InChI is InChI=1S/C36H37FN2O3.C2H6/c1-4-6-32(40)25-10-12-26(13-11-25)36(41)28-14-9-24(19-22(28)2)20-27-7-5-8-30-31(21-39-35(27)30)29-15-16-33(42-18-17-38)34(37)23(29)3;1-2/h5,7-9,14-16,19,21,25-26,30H,4,6,10-13,18,20H2,1-3H3;1-2H3. The lowest BCUT2D eigenvalue weighted by Gasteiger charge is -2.27. The van der Waals surface area contributed by atoms with Crippen LogP contribution >= 0.6 is 0 Å². The Labute approximate surface area is 261 Å². The maximum absolute atomic E-state index is 15.0. The highest BCUT2D eigenvalue weighted by Crippen LogP contribution is 2.39. The van der Waals surface area contributed by atoms with Gasteiger partial charge in [-0.1, -0.05) is 63.3 Å². The molecule has 1 unspecified atom stereocenters. The minimum absolute atomic E-state index is 0.00946. The Morgan fingerprint density at radius 1 is 1.07 bits per heavy atom. The number of ketones is 2. The SMILES string of the molecule is CC.CCCC(=O)C1CCC(C(=O)c2ccc(CC3=CC=CC4C(c5ccc(OCC#N)c(F)c5C)=CN=C34)cc2C)CC1. The van der Waals surface area contributed by atoms with E-state index in [1.54, 1.807) is 13.0 Å². The van der Waals surface area contributed by atoms with Crippen LogP contribution in [0.5, 0.6) is 5.75 Å². The van der Waals surface area contributed by atoms with Crippen LogP contribution in [-0.2, 0) is 11.2 Å². The van der Waals surface area contributed by atoms with Crippen molar-refractivity contribution in [3.05, 3.63) is 94.0 Å². The lowest BCUT2D eigenvalue weighted by molar-refractivity contribution is -0.124. The van der Waals surface area contributed by atoms with E-state index in [1.165, 1.54) is 0 Å². The molecule has 44 heavy (non-hydrogen) atoms. The molecule has 3 aliphatic rings. The maximum Gasteiger partial charge on any atom is 0.174 e. The van der Waals surface area contributed by atoms with Crippen molar-refractivity contribution in [2.24, 2.45) is 22.7 Å². The molecule has 0 aromatic heterocycles. The van der Waals surface area contributed by atoms with Crippen molar-refractivity contribution in [3.63, 3.8) is 0 Å². The zero-order valence-corrected chi connectivity index (χ0v) is 26.6. The molecule has 0 amide bonds. The average molecular weight is 595 g/mol. The number of halogens is 1. The number of ether oxygens (including phenoxy) is 1. The second-order valence-corrected chi connectivity index (χ2v) is 11.6. The molecule has 2 aromatic rings. The molecule has 230 valence electrons. The van der Waals surface area contributed by atoms with E-state index in [9.17, 15) is 14.0 Å². The highest BCUT2D eigenvalue weighted by atomic mass is 19.1. The highest BCUT2D eigenvalue weighted by molar-refractivity contribution is 6.13. The number of fused-ring (bicyclic) bond motifs is 1. The first-order chi connectivity index (χ1) is 21.3. The fourth-order valence-corrected chi connectivity index (χ4v) is 6.55. The normalized spacial score (nSPS) is 20.3. The predicted octanol–water partition coefficient (Wildman–Crippen LogP) is 8.88. The van der Waals surface area contributed by atoms with Crippen molar-refractivity contribution in [3.8, 4) is 11.8 Å². The van der Waals surface area contributed by atoms with Crippen molar-refractivity contribution in [1.82, 2.24) is 0 Å². The van der Waals surface area contributed by atoms with Crippen LogP contribution in [0.4, 0.5) is 4.39 Å². The lowest BCUT2D eigenvalue weighted by Crippen LogP contribution is -2.26. The van der Waals surface area contributed by atoms with Crippen molar-refractivity contribution in [2.45, 2.75) is 79.6 Å². The van der Waals surface area contributed by atoms with Gasteiger partial charge in [0.15, 0.2) is 24.0 Å². The molecular weight excluding hydrogens is 551 g/mol. The summed E-state index contributed by atoms with van der Waals surface area (Å²) in [4.78, 5) is 30.4. The Balaban J connectivity index is 0.00000216. The molecule has 1 heterocycles.